The average Bonchev–Trinajstić information content (AvgIpc) is 2.24. The predicted molar refractivity (Wildman–Crippen MR) is 63.6 cm³/mol. The van der Waals surface area contributed by atoms with Gasteiger partial charge in [0.05, 0.1) is 0 Å². The van der Waals surface area contributed by atoms with Gasteiger partial charge >= 0.3 is 23.9 Å². The maximum Gasteiger partial charge on any atom is 0.428 e. The molecule has 0 aromatic heterocycles. The Balaban J connectivity index is 6.37. The zero-order valence-corrected chi connectivity index (χ0v) is 13.3. The standard InChI is InChI=1S/C13H18F10/c1-7(2,3)10(15,16)12(19,20)8(4,5)11(17,18)9(6,14)13(21,22)23/h1-6H3. The van der Waals surface area contributed by atoms with Gasteiger partial charge in [-0.1, -0.05) is 20.8 Å². The maximum atomic E-state index is 14.1. The van der Waals surface area contributed by atoms with E-state index in [1.165, 1.54) is 0 Å². The summed E-state index contributed by atoms with van der Waals surface area (Å²) in [7, 11) is 0. The number of hydrogen-bond acceptors (Lipinski definition) is 0. The first-order valence-electron chi connectivity index (χ1n) is 6.39. The molecule has 0 aromatic rings. The predicted octanol–water partition coefficient (Wildman–Crippen LogP) is 6.26. The van der Waals surface area contributed by atoms with Crippen molar-refractivity contribution in [2.75, 3.05) is 0 Å². The van der Waals surface area contributed by atoms with Crippen LogP contribution in [0.4, 0.5) is 43.9 Å². The third-order valence-electron chi connectivity index (χ3n) is 4.03. The first-order valence-corrected chi connectivity index (χ1v) is 6.39. The zero-order chi connectivity index (χ0) is 19.5. The van der Waals surface area contributed by atoms with Crippen LogP contribution in [0.3, 0.4) is 0 Å². The average molecular weight is 364 g/mol. The fourth-order valence-electron chi connectivity index (χ4n) is 1.83. The lowest BCUT2D eigenvalue weighted by Gasteiger charge is -2.49. The van der Waals surface area contributed by atoms with E-state index < -0.39 is 47.4 Å². The highest BCUT2D eigenvalue weighted by molar-refractivity contribution is 5.13. The lowest BCUT2D eigenvalue weighted by molar-refractivity contribution is -0.382. The van der Waals surface area contributed by atoms with Crippen molar-refractivity contribution < 1.29 is 43.9 Å². The molecule has 1 atom stereocenters. The third kappa shape index (κ3) is 2.79. The van der Waals surface area contributed by atoms with Crippen molar-refractivity contribution in [2.24, 2.45) is 10.8 Å². The van der Waals surface area contributed by atoms with Gasteiger partial charge in [-0.15, -0.1) is 0 Å². The summed E-state index contributed by atoms with van der Waals surface area (Å²) in [6, 6.07) is 0. The molecule has 0 bridgehead atoms. The van der Waals surface area contributed by atoms with Gasteiger partial charge in [-0.3, -0.25) is 0 Å². The molecule has 1 unspecified atom stereocenters. The maximum absolute atomic E-state index is 14.1. The van der Waals surface area contributed by atoms with Crippen molar-refractivity contribution in [3.8, 4) is 0 Å². The molecule has 0 aliphatic heterocycles. The second kappa shape index (κ2) is 5.15. The van der Waals surface area contributed by atoms with E-state index >= 15 is 0 Å². The molecule has 0 fully saturated rings. The topological polar surface area (TPSA) is 0 Å². The Hall–Kier alpha value is -0.700. The number of hydrogen-bond donors (Lipinski definition) is 0. The van der Waals surface area contributed by atoms with E-state index in [9.17, 15) is 43.9 Å². The van der Waals surface area contributed by atoms with Crippen molar-refractivity contribution in [3.63, 3.8) is 0 Å². The fraction of sp³-hybridized carbons (Fsp3) is 1.00. The first-order chi connectivity index (χ1) is 9.50. The molecule has 0 saturated heterocycles. The van der Waals surface area contributed by atoms with Crippen LogP contribution in [0.15, 0.2) is 0 Å². The van der Waals surface area contributed by atoms with Crippen molar-refractivity contribution in [3.05, 3.63) is 0 Å². The second-order valence-corrected chi connectivity index (χ2v) is 7.10. The molecule has 0 nitrogen and oxygen atoms in total. The summed E-state index contributed by atoms with van der Waals surface area (Å²) in [5, 5.41) is 0. The van der Waals surface area contributed by atoms with E-state index in [1.807, 2.05) is 0 Å². The Bertz CT molecular complexity index is 397. The Morgan fingerprint density at radius 2 is 0.739 bits per heavy atom. The Morgan fingerprint density at radius 3 is 0.957 bits per heavy atom. The zero-order valence-electron chi connectivity index (χ0n) is 13.3. The van der Waals surface area contributed by atoms with Crippen LogP contribution in [0.5, 0.6) is 0 Å². The van der Waals surface area contributed by atoms with Crippen LogP contribution in [-0.4, -0.2) is 29.6 Å². The Labute approximate surface area is 127 Å². The van der Waals surface area contributed by atoms with Gasteiger partial charge < -0.3 is 0 Å². The molecule has 23 heavy (non-hydrogen) atoms. The fourth-order valence-corrected chi connectivity index (χ4v) is 1.83. The van der Waals surface area contributed by atoms with Crippen LogP contribution in [0, 0.1) is 10.8 Å². The van der Waals surface area contributed by atoms with Gasteiger partial charge in [0.25, 0.3) is 5.67 Å². The molecule has 0 aliphatic rings. The summed E-state index contributed by atoms with van der Waals surface area (Å²) in [5.41, 5.74) is -12.3. The molecule has 0 spiro atoms. The summed E-state index contributed by atoms with van der Waals surface area (Å²) in [6.07, 6.45) is -6.24. The molecule has 0 radical (unpaired) electrons. The van der Waals surface area contributed by atoms with Crippen LogP contribution in [0.2, 0.25) is 0 Å². The Morgan fingerprint density at radius 1 is 0.435 bits per heavy atom. The number of rotatable bonds is 4. The lowest BCUT2D eigenvalue weighted by Crippen LogP contribution is -2.69. The summed E-state index contributed by atoms with van der Waals surface area (Å²) in [5.74, 6) is -16.6. The smallest absolute Gasteiger partial charge is 0.227 e. The van der Waals surface area contributed by atoms with Gasteiger partial charge in [-0.25, -0.2) is 13.2 Å². The highest BCUT2D eigenvalue weighted by Gasteiger charge is 2.82. The minimum atomic E-state index is -6.24. The van der Waals surface area contributed by atoms with E-state index in [0.29, 0.717) is 20.8 Å². The molecular formula is C13H18F10. The van der Waals surface area contributed by atoms with Crippen molar-refractivity contribution in [1.29, 1.82) is 0 Å². The normalized spacial score (nSPS) is 18.8. The summed E-state index contributed by atoms with van der Waals surface area (Å²) < 4.78 is 135. The van der Waals surface area contributed by atoms with Crippen LogP contribution in [-0.2, 0) is 0 Å². The SMILES string of the molecule is CC(C)(C)C(F)(F)C(F)(F)C(C)(C)C(F)(F)C(C)(F)C(F)(F)F. The summed E-state index contributed by atoms with van der Waals surface area (Å²) in [6.45, 7) is 0.737. The van der Waals surface area contributed by atoms with Gasteiger partial charge in [-0.05, 0) is 20.8 Å². The highest BCUT2D eigenvalue weighted by Crippen LogP contribution is 2.63. The molecule has 10 heteroatoms. The quantitative estimate of drug-likeness (QED) is 0.517. The van der Waals surface area contributed by atoms with Crippen molar-refractivity contribution >= 4 is 0 Å². The van der Waals surface area contributed by atoms with Gasteiger partial charge in [0, 0.05) is 5.41 Å². The molecule has 0 heterocycles. The first kappa shape index (κ1) is 22.3. The minimum Gasteiger partial charge on any atom is -0.227 e. The van der Waals surface area contributed by atoms with E-state index in [2.05, 4.69) is 0 Å². The second-order valence-electron chi connectivity index (χ2n) is 7.10. The van der Waals surface area contributed by atoms with E-state index in [1.54, 1.807) is 0 Å². The molecule has 0 aliphatic carbocycles. The van der Waals surface area contributed by atoms with E-state index in [-0.39, 0.29) is 13.8 Å². The van der Waals surface area contributed by atoms with Crippen LogP contribution >= 0.6 is 0 Å². The largest absolute Gasteiger partial charge is 0.428 e. The number of alkyl halides is 10. The van der Waals surface area contributed by atoms with Crippen molar-refractivity contribution in [2.45, 2.75) is 71.2 Å². The third-order valence-corrected chi connectivity index (χ3v) is 4.03. The highest BCUT2D eigenvalue weighted by atomic mass is 19.4. The summed E-state index contributed by atoms with van der Waals surface area (Å²) >= 11 is 0. The lowest BCUT2D eigenvalue weighted by atomic mass is 9.66. The van der Waals surface area contributed by atoms with Gasteiger partial charge in [0.2, 0.25) is 0 Å². The van der Waals surface area contributed by atoms with Crippen LogP contribution < -0.4 is 0 Å². The monoisotopic (exact) mass is 364 g/mol. The minimum absolute atomic E-state index is 0.212. The molecule has 0 rings (SSSR count). The van der Waals surface area contributed by atoms with Crippen LogP contribution in [0.25, 0.3) is 0 Å². The summed E-state index contributed by atoms with van der Waals surface area (Å²) in [4.78, 5) is 0. The molecule has 0 saturated carbocycles. The van der Waals surface area contributed by atoms with E-state index in [0.717, 1.165) is 0 Å². The van der Waals surface area contributed by atoms with Gasteiger partial charge in [0.1, 0.15) is 5.41 Å². The van der Waals surface area contributed by atoms with Crippen molar-refractivity contribution in [1.82, 2.24) is 0 Å². The van der Waals surface area contributed by atoms with Gasteiger partial charge in [0.15, 0.2) is 0 Å². The molecular weight excluding hydrogens is 346 g/mol. The number of halogens is 10. The Kier molecular flexibility index (Phi) is 4.99. The molecule has 0 amide bonds. The molecule has 140 valence electrons. The van der Waals surface area contributed by atoms with Gasteiger partial charge in [-0.2, -0.15) is 30.7 Å². The van der Waals surface area contributed by atoms with E-state index in [4.69, 9.17) is 0 Å². The molecule has 0 N–H and O–H groups in total. The van der Waals surface area contributed by atoms with Crippen LogP contribution in [0.1, 0.15) is 41.5 Å². The molecule has 0 aromatic carbocycles.